The lowest BCUT2D eigenvalue weighted by Crippen LogP contribution is -1.90. The van der Waals surface area contributed by atoms with Gasteiger partial charge in [-0.25, -0.2) is 4.79 Å². The molecule has 0 saturated carbocycles. The number of hydrogen-bond donors (Lipinski definition) is 2. The zero-order valence-corrected chi connectivity index (χ0v) is 10.8. The quantitative estimate of drug-likeness (QED) is 0.806. The van der Waals surface area contributed by atoms with Gasteiger partial charge in [0.15, 0.2) is 0 Å². The topological polar surface area (TPSA) is 53.1 Å². The van der Waals surface area contributed by atoms with E-state index in [1.165, 1.54) is 11.6 Å². The van der Waals surface area contributed by atoms with Crippen LogP contribution in [0.3, 0.4) is 0 Å². The molecule has 0 radical (unpaired) electrons. The molecule has 1 aromatic heterocycles. The molecule has 2 rings (SSSR count). The van der Waals surface area contributed by atoms with Gasteiger partial charge >= 0.3 is 5.97 Å². The van der Waals surface area contributed by atoms with E-state index >= 15 is 0 Å². The number of allylic oxidation sites excluding steroid dienone is 1. The summed E-state index contributed by atoms with van der Waals surface area (Å²) in [6, 6.07) is 6.27. The highest BCUT2D eigenvalue weighted by Gasteiger charge is 2.08. The second-order valence-corrected chi connectivity index (χ2v) is 4.83. The van der Waals surface area contributed by atoms with E-state index in [1.807, 2.05) is 19.2 Å². The van der Waals surface area contributed by atoms with Crippen LogP contribution in [0, 0.1) is 0 Å². The van der Waals surface area contributed by atoms with Gasteiger partial charge in [-0.15, -0.1) is 0 Å². The van der Waals surface area contributed by atoms with Crippen LogP contribution in [0.1, 0.15) is 37.8 Å². The number of fused-ring (bicyclic) bond motifs is 1. The summed E-state index contributed by atoms with van der Waals surface area (Å²) in [7, 11) is 0. The largest absolute Gasteiger partial charge is 0.478 e. The molecule has 1 heterocycles. The zero-order chi connectivity index (χ0) is 13.3. The number of carboxylic acid groups (broad SMARTS) is 1. The Kier molecular flexibility index (Phi) is 3.24. The third-order valence-corrected chi connectivity index (χ3v) is 3.14. The fourth-order valence-electron chi connectivity index (χ4n) is 2.09. The SMILES string of the molecule is C/C(=C\C(=O)O)c1c[nH]c2ccc(C(C)C)cc12. The molecular weight excluding hydrogens is 226 g/mol. The number of hydrogen-bond acceptors (Lipinski definition) is 1. The van der Waals surface area contributed by atoms with E-state index in [4.69, 9.17) is 5.11 Å². The first-order valence-electron chi connectivity index (χ1n) is 6.01. The highest BCUT2D eigenvalue weighted by Crippen LogP contribution is 2.27. The van der Waals surface area contributed by atoms with Crippen LogP contribution in [-0.4, -0.2) is 16.1 Å². The number of carboxylic acids is 1. The lowest BCUT2D eigenvalue weighted by Gasteiger charge is -2.06. The van der Waals surface area contributed by atoms with Crippen molar-refractivity contribution in [2.75, 3.05) is 0 Å². The molecule has 0 spiro atoms. The molecule has 0 amide bonds. The minimum absolute atomic E-state index is 0.459. The van der Waals surface area contributed by atoms with Crippen LogP contribution < -0.4 is 0 Å². The summed E-state index contributed by atoms with van der Waals surface area (Å²) in [5.41, 5.74) is 4.00. The van der Waals surface area contributed by atoms with Gasteiger partial charge in [0.05, 0.1) is 0 Å². The first-order chi connectivity index (χ1) is 8.49. The van der Waals surface area contributed by atoms with Gasteiger partial charge in [-0.2, -0.15) is 0 Å². The van der Waals surface area contributed by atoms with Crippen molar-refractivity contribution in [1.29, 1.82) is 0 Å². The lowest BCUT2D eigenvalue weighted by molar-refractivity contribution is -0.131. The molecule has 3 heteroatoms. The lowest BCUT2D eigenvalue weighted by atomic mass is 9.98. The highest BCUT2D eigenvalue weighted by atomic mass is 16.4. The van der Waals surface area contributed by atoms with E-state index in [9.17, 15) is 4.79 Å². The summed E-state index contributed by atoms with van der Waals surface area (Å²) in [6.07, 6.45) is 3.11. The number of aromatic amines is 1. The normalized spacial score (nSPS) is 12.3. The number of rotatable bonds is 3. The van der Waals surface area contributed by atoms with Crippen LogP contribution >= 0.6 is 0 Å². The summed E-state index contributed by atoms with van der Waals surface area (Å²) < 4.78 is 0. The molecule has 2 N–H and O–H groups in total. The molecule has 0 aliphatic heterocycles. The van der Waals surface area contributed by atoms with E-state index in [0.717, 1.165) is 22.0 Å². The van der Waals surface area contributed by atoms with Gasteiger partial charge in [0.2, 0.25) is 0 Å². The van der Waals surface area contributed by atoms with Crippen molar-refractivity contribution < 1.29 is 9.90 Å². The Morgan fingerprint density at radius 2 is 2.11 bits per heavy atom. The van der Waals surface area contributed by atoms with E-state index in [1.54, 1.807) is 0 Å². The second kappa shape index (κ2) is 4.69. The molecule has 1 aromatic carbocycles. The third-order valence-electron chi connectivity index (χ3n) is 3.14. The van der Waals surface area contributed by atoms with Gasteiger partial charge in [-0.1, -0.05) is 19.9 Å². The van der Waals surface area contributed by atoms with Crippen LogP contribution in [0.2, 0.25) is 0 Å². The first kappa shape index (κ1) is 12.4. The summed E-state index contributed by atoms with van der Waals surface area (Å²) >= 11 is 0. The van der Waals surface area contributed by atoms with Crippen molar-refractivity contribution in [3.63, 3.8) is 0 Å². The van der Waals surface area contributed by atoms with Crippen LogP contribution in [0.4, 0.5) is 0 Å². The predicted molar refractivity (Wildman–Crippen MR) is 73.7 cm³/mol. The van der Waals surface area contributed by atoms with E-state index in [-0.39, 0.29) is 0 Å². The summed E-state index contributed by atoms with van der Waals surface area (Å²) in [4.78, 5) is 13.9. The van der Waals surface area contributed by atoms with Gasteiger partial charge < -0.3 is 10.1 Å². The zero-order valence-electron chi connectivity index (χ0n) is 10.8. The van der Waals surface area contributed by atoms with Gasteiger partial charge in [0.1, 0.15) is 0 Å². The predicted octanol–water partition coefficient (Wildman–Crippen LogP) is 3.78. The highest BCUT2D eigenvalue weighted by molar-refractivity contribution is 5.97. The molecule has 0 bridgehead atoms. The maximum Gasteiger partial charge on any atom is 0.328 e. The number of aromatic nitrogens is 1. The Hall–Kier alpha value is -2.03. The molecule has 94 valence electrons. The maximum absolute atomic E-state index is 10.7. The van der Waals surface area contributed by atoms with Gasteiger partial charge in [-0.3, -0.25) is 0 Å². The second-order valence-electron chi connectivity index (χ2n) is 4.83. The Balaban J connectivity index is 2.58. The van der Waals surface area contributed by atoms with Crippen LogP contribution in [-0.2, 0) is 4.79 Å². The number of H-pyrrole nitrogens is 1. The molecule has 3 nitrogen and oxygen atoms in total. The third kappa shape index (κ3) is 2.30. The van der Waals surface area contributed by atoms with E-state index < -0.39 is 5.97 Å². The van der Waals surface area contributed by atoms with Gasteiger partial charge in [0.25, 0.3) is 0 Å². The minimum atomic E-state index is -0.915. The number of aliphatic carboxylic acids is 1. The van der Waals surface area contributed by atoms with Crippen molar-refractivity contribution >= 4 is 22.4 Å². The molecule has 0 atom stereocenters. The number of carbonyl (C=O) groups is 1. The Labute approximate surface area is 106 Å². The number of nitrogens with one attached hydrogen (secondary N) is 1. The standard InChI is InChI=1S/C15H17NO2/c1-9(2)11-4-5-14-12(7-11)13(8-16-14)10(3)6-15(17)18/h4-9,16H,1-3H3,(H,17,18)/b10-6+. The molecule has 0 aliphatic carbocycles. The first-order valence-corrected chi connectivity index (χ1v) is 6.01. The molecule has 2 aromatic rings. The van der Waals surface area contributed by atoms with Crippen molar-refractivity contribution in [2.24, 2.45) is 0 Å². The van der Waals surface area contributed by atoms with Gasteiger partial charge in [-0.05, 0) is 36.1 Å². The summed E-state index contributed by atoms with van der Waals surface area (Å²) in [5, 5.41) is 9.89. The van der Waals surface area contributed by atoms with Gasteiger partial charge in [0, 0.05) is 28.7 Å². The Morgan fingerprint density at radius 3 is 2.72 bits per heavy atom. The average Bonchev–Trinajstić information content (AvgIpc) is 2.70. The maximum atomic E-state index is 10.7. The molecule has 0 aliphatic rings. The molecule has 0 saturated heterocycles. The minimum Gasteiger partial charge on any atom is -0.478 e. The average molecular weight is 243 g/mol. The molecular formula is C15H17NO2. The van der Waals surface area contributed by atoms with Crippen LogP contribution in [0.5, 0.6) is 0 Å². The van der Waals surface area contributed by atoms with Crippen molar-refractivity contribution in [2.45, 2.75) is 26.7 Å². The summed E-state index contributed by atoms with van der Waals surface area (Å²) in [6.45, 7) is 6.11. The fraction of sp³-hybridized carbons (Fsp3) is 0.267. The molecule has 0 fully saturated rings. The Bertz CT molecular complexity index is 620. The van der Waals surface area contributed by atoms with E-state index in [2.05, 4.69) is 31.0 Å². The monoisotopic (exact) mass is 243 g/mol. The van der Waals surface area contributed by atoms with Crippen molar-refractivity contribution in [1.82, 2.24) is 4.98 Å². The van der Waals surface area contributed by atoms with Crippen LogP contribution in [0.15, 0.2) is 30.5 Å². The smallest absolute Gasteiger partial charge is 0.328 e. The summed E-state index contributed by atoms with van der Waals surface area (Å²) in [5.74, 6) is -0.456. The molecule has 18 heavy (non-hydrogen) atoms. The van der Waals surface area contributed by atoms with Crippen molar-refractivity contribution in [3.8, 4) is 0 Å². The fourth-order valence-corrected chi connectivity index (χ4v) is 2.09. The Morgan fingerprint density at radius 1 is 1.39 bits per heavy atom. The molecule has 0 unspecified atom stereocenters. The van der Waals surface area contributed by atoms with Crippen molar-refractivity contribution in [3.05, 3.63) is 41.6 Å². The van der Waals surface area contributed by atoms with Crippen LogP contribution in [0.25, 0.3) is 16.5 Å². The van der Waals surface area contributed by atoms with E-state index in [0.29, 0.717) is 5.92 Å². The number of benzene rings is 1.